The highest BCUT2D eigenvalue weighted by molar-refractivity contribution is 5.09. The molecule has 0 N–H and O–H groups in total. The van der Waals surface area contributed by atoms with Crippen LogP contribution in [-0.2, 0) is 0 Å². The van der Waals surface area contributed by atoms with E-state index in [0.717, 1.165) is 6.54 Å². The van der Waals surface area contributed by atoms with Crippen LogP contribution in [0.2, 0.25) is 0 Å². The summed E-state index contributed by atoms with van der Waals surface area (Å²) in [5, 5.41) is 0. The van der Waals surface area contributed by atoms with Crippen molar-refractivity contribution >= 4 is 0 Å². The first-order chi connectivity index (χ1) is 5.83. The van der Waals surface area contributed by atoms with E-state index in [0.29, 0.717) is 13.0 Å². The van der Waals surface area contributed by atoms with Crippen LogP contribution >= 0.6 is 0 Å². The van der Waals surface area contributed by atoms with Gasteiger partial charge >= 0.3 is 0 Å². The first kappa shape index (κ1) is 9.38. The van der Waals surface area contributed by atoms with Gasteiger partial charge in [0.25, 0.3) is 5.92 Å². The first-order valence-electron chi connectivity index (χ1n) is 4.96. The fraction of sp³-hybridized carbons (Fsp3) is 1.00. The van der Waals surface area contributed by atoms with E-state index >= 15 is 0 Å². The number of hydrogen-bond acceptors (Lipinski definition) is 1. The quantitative estimate of drug-likeness (QED) is 0.565. The topological polar surface area (TPSA) is 3.24 Å². The van der Waals surface area contributed by atoms with E-state index in [1.54, 1.807) is 0 Å². The number of fused-ring (bicyclic) bond motifs is 1. The van der Waals surface area contributed by atoms with Gasteiger partial charge in [0.05, 0.1) is 0 Å². The third kappa shape index (κ3) is 1.37. The predicted octanol–water partition coefficient (Wildman–Crippen LogP) is 2.37. The van der Waals surface area contributed by atoms with Crippen molar-refractivity contribution in [2.24, 2.45) is 11.8 Å². The molecule has 0 aromatic rings. The number of halogens is 2. The van der Waals surface area contributed by atoms with Crippen molar-refractivity contribution in [3.05, 3.63) is 0 Å². The van der Waals surface area contributed by atoms with Crippen LogP contribution < -0.4 is 0 Å². The van der Waals surface area contributed by atoms with E-state index in [4.69, 9.17) is 0 Å². The van der Waals surface area contributed by atoms with Gasteiger partial charge in [-0.05, 0) is 33.7 Å². The normalized spacial score (nSPS) is 38.5. The summed E-state index contributed by atoms with van der Waals surface area (Å²) >= 11 is 0. The van der Waals surface area contributed by atoms with Gasteiger partial charge in [0.1, 0.15) is 0 Å². The second-order valence-electron chi connectivity index (χ2n) is 5.29. The Balaban J connectivity index is 2.01. The van der Waals surface area contributed by atoms with Gasteiger partial charge in [-0.1, -0.05) is 0 Å². The molecule has 0 radical (unpaired) electrons. The molecule has 1 heterocycles. The molecule has 1 nitrogen and oxygen atoms in total. The highest BCUT2D eigenvalue weighted by Crippen LogP contribution is 2.59. The molecule has 1 aliphatic carbocycles. The lowest BCUT2D eigenvalue weighted by Gasteiger charge is -2.37. The van der Waals surface area contributed by atoms with E-state index in [2.05, 4.69) is 25.7 Å². The van der Waals surface area contributed by atoms with Crippen molar-refractivity contribution in [3.8, 4) is 0 Å². The number of piperidine rings is 1. The van der Waals surface area contributed by atoms with Gasteiger partial charge in [-0.25, -0.2) is 8.78 Å². The first-order valence-corrected chi connectivity index (χ1v) is 4.96. The lowest BCUT2D eigenvalue weighted by Crippen LogP contribution is -2.45. The Morgan fingerprint density at radius 2 is 1.85 bits per heavy atom. The van der Waals surface area contributed by atoms with Crippen LogP contribution in [0.3, 0.4) is 0 Å². The van der Waals surface area contributed by atoms with E-state index < -0.39 is 5.92 Å². The summed E-state index contributed by atoms with van der Waals surface area (Å²) in [7, 11) is 0. The molecule has 0 amide bonds. The van der Waals surface area contributed by atoms with Crippen molar-refractivity contribution in [1.82, 2.24) is 4.90 Å². The molecule has 13 heavy (non-hydrogen) atoms. The SMILES string of the molecule is CC(C)(C)N1CCC2C(C1)C2(F)F. The molecular weight excluding hydrogens is 172 g/mol. The van der Waals surface area contributed by atoms with Crippen LogP contribution in [0.5, 0.6) is 0 Å². The Bertz CT molecular complexity index is 219. The van der Waals surface area contributed by atoms with Crippen LogP contribution in [0.4, 0.5) is 8.78 Å². The van der Waals surface area contributed by atoms with Crippen LogP contribution in [0, 0.1) is 11.8 Å². The Morgan fingerprint density at radius 1 is 1.23 bits per heavy atom. The zero-order valence-electron chi connectivity index (χ0n) is 8.48. The minimum atomic E-state index is -2.35. The Hall–Kier alpha value is -0.180. The number of alkyl halides is 2. The van der Waals surface area contributed by atoms with Gasteiger partial charge in [0.2, 0.25) is 0 Å². The maximum Gasteiger partial charge on any atom is 0.255 e. The summed E-state index contributed by atoms with van der Waals surface area (Å²) in [4.78, 5) is 2.18. The Morgan fingerprint density at radius 3 is 2.31 bits per heavy atom. The van der Waals surface area contributed by atoms with Gasteiger partial charge in [0, 0.05) is 23.9 Å². The predicted molar refractivity (Wildman–Crippen MR) is 47.9 cm³/mol. The summed E-state index contributed by atoms with van der Waals surface area (Å²) in [6.07, 6.45) is 0.676. The van der Waals surface area contributed by atoms with Crippen LogP contribution in [0.1, 0.15) is 27.2 Å². The third-order valence-corrected chi connectivity index (χ3v) is 3.44. The molecule has 2 rings (SSSR count). The lowest BCUT2D eigenvalue weighted by atomic mass is 10.0. The molecule has 76 valence electrons. The molecule has 0 aromatic heterocycles. The monoisotopic (exact) mass is 189 g/mol. The summed E-state index contributed by atoms with van der Waals surface area (Å²) in [5.74, 6) is -2.99. The van der Waals surface area contributed by atoms with Crippen molar-refractivity contribution < 1.29 is 8.78 Å². The standard InChI is InChI=1S/C10H17F2N/c1-9(2,3)13-5-4-7-8(6-13)10(7,11)12/h7-8H,4-6H2,1-3H3. The molecule has 1 aliphatic heterocycles. The molecule has 2 fully saturated rings. The molecule has 2 atom stereocenters. The minimum absolute atomic E-state index is 0.0453. The molecule has 0 spiro atoms. The number of nitrogens with zero attached hydrogens (tertiary/aromatic N) is 1. The summed E-state index contributed by atoms with van der Waals surface area (Å²) in [6, 6.07) is 0. The lowest BCUT2D eigenvalue weighted by molar-refractivity contribution is 0.0759. The number of rotatable bonds is 0. The molecule has 0 bridgehead atoms. The molecule has 0 aromatic carbocycles. The highest BCUT2D eigenvalue weighted by atomic mass is 19.3. The molecule has 1 saturated heterocycles. The average molecular weight is 189 g/mol. The van der Waals surface area contributed by atoms with Crippen LogP contribution in [0.25, 0.3) is 0 Å². The average Bonchev–Trinajstić information content (AvgIpc) is 2.53. The minimum Gasteiger partial charge on any atom is -0.298 e. The van der Waals surface area contributed by atoms with Gasteiger partial charge in [-0.3, -0.25) is 4.90 Å². The summed E-state index contributed by atoms with van der Waals surface area (Å²) < 4.78 is 26.1. The van der Waals surface area contributed by atoms with E-state index in [-0.39, 0.29) is 17.4 Å². The molecule has 3 heteroatoms. The summed E-state index contributed by atoms with van der Waals surface area (Å²) in [6.45, 7) is 7.69. The van der Waals surface area contributed by atoms with Crippen molar-refractivity contribution in [3.63, 3.8) is 0 Å². The molecule has 1 saturated carbocycles. The van der Waals surface area contributed by atoms with E-state index in [1.165, 1.54) is 0 Å². The second-order valence-corrected chi connectivity index (χ2v) is 5.29. The second kappa shape index (κ2) is 2.44. The van der Waals surface area contributed by atoms with E-state index in [1.807, 2.05) is 0 Å². The van der Waals surface area contributed by atoms with Crippen LogP contribution in [-0.4, -0.2) is 29.5 Å². The molecule has 2 unspecified atom stereocenters. The van der Waals surface area contributed by atoms with Gasteiger partial charge in [-0.2, -0.15) is 0 Å². The van der Waals surface area contributed by atoms with Crippen molar-refractivity contribution in [2.75, 3.05) is 13.1 Å². The fourth-order valence-electron chi connectivity index (χ4n) is 2.34. The maximum atomic E-state index is 13.0. The molecular formula is C10H17F2N. The smallest absolute Gasteiger partial charge is 0.255 e. The number of hydrogen-bond donors (Lipinski definition) is 0. The van der Waals surface area contributed by atoms with E-state index in [9.17, 15) is 8.78 Å². The molecule has 2 aliphatic rings. The summed E-state index contributed by atoms with van der Waals surface area (Å²) in [5.41, 5.74) is 0.0453. The van der Waals surface area contributed by atoms with Crippen molar-refractivity contribution in [1.29, 1.82) is 0 Å². The zero-order chi connectivity index (χ0) is 9.85. The van der Waals surface area contributed by atoms with Gasteiger partial charge < -0.3 is 0 Å². The Labute approximate surface area is 78.1 Å². The van der Waals surface area contributed by atoms with Crippen molar-refractivity contribution in [2.45, 2.75) is 38.7 Å². The largest absolute Gasteiger partial charge is 0.298 e. The zero-order valence-corrected chi connectivity index (χ0v) is 8.48. The fourth-order valence-corrected chi connectivity index (χ4v) is 2.34. The Kier molecular flexibility index (Phi) is 1.76. The number of likely N-dealkylation sites (tertiary alicyclic amines) is 1. The maximum absolute atomic E-state index is 13.0. The van der Waals surface area contributed by atoms with Crippen LogP contribution in [0.15, 0.2) is 0 Å². The third-order valence-electron chi connectivity index (χ3n) is 3.44. The highest BCUT2D eigenvalue weighted by Gasteiger charge is 2.69. The van der Waals surface area contributed by atoms with Gasteiger partial charge in [-0.15, -0.1) is 0 Å². The van der Waals surface area contributed by atoms with Gasteiger partial charge in [0.15, 0.2) is 0 Å².